The standard InChI is InChI=1S/C34H35N5O/c1-22(2)23(3)32-35-20-29(37-32)26-15-11-24(12-16-26)25-13-17-27(18-14-25)30-21-36-33(38-30)31-10-7-19-39(31)34(40)28-8-5-4-6-9-28/h4-6,8-9,11-18,20-23,31H,7,10,19H2,1-3H3,(H,35,37)(H,36,38)/t23-,31-/m0/s1. The summed E-state index contributed by atoms with van der Waals surface area (Å²) in [5.74, 6) is 2.89. The van der Waals surface area contributed by atoms with Crippen LogP contribution in [0.15, 0.2) is 91.3 Å². The maximum atomic E-state index is 13.1. The van der Waals surface area contributed by atoms with Gasteiger partial charge in [-0.2, -0.15) is 0 Å². The van der Waals surface area contributed by atoms with E-state index in [1.807, 2.05) is 47.6 Å². The van der Waals surface area contributed by atoms with Crippen molar-refractivity contribution < 1.29 is 4.79 Å². The molecule has 1 amide bonds. The van der Waals surface area contributed by atoms with Gasteiger partial charge in [0, 0.05) is 18.0 Å². The van der Waals surface area contributed by atoms with Gasteiger partial charge in [-0.25, -0.2) is 9.97 Å². The van der Waals surface area contributed by atoms with E-state index >= 15 is 0 Å². The van der Waals surface area contributed by atoms with Crippen LogP contribution < -0.4 is 0 Å². The molecule has 5 aromatic rings. The van der Waals surface area contributed by atoms with Crippen molar-refractivity contribution >= 4 is 5.91 Å². The number of nitrogens with one attached hydrogen (secondary N) is 2. The molecule has 0 bridgehead atoms. The largest absolute Gasteiger partial charge is 0.342 e. The first-order chi connectivity index (χ1) is 19.5. The van der Waals surface area contributed by atoms with E-state index in [0.717, 1.165) is 70.2 Å². The Bertz CT molecular complexity index is 1580. The van der Waals surface area contributed by atoms with Gasteiger partial charge < -0.3 is 14.9 Å². The average Bonchev–Trinajstić information content (AvgIpc) is 3.78. The Kier molecular flexibility index (Phi) is 7.08. The van der Waals surface area contributed by atoms with Crippen LogP contribution in [0.25, 0.3) is 33.6 Å². The molecule has 0 spiro atoms. The topological polar surface area (TPSA) is 77.7 Å². The van der Waals surface area contributed by atoms with Gasteiger partial charge in [-0.15, -0.1) is 0 Å². The minimum atomic E-state index is -0.0289. The third-order valence-electron chi connectivity index (χ3n) is 8.20. The highest BCUT2D eigenvalue weighted by Gasteiger charge is 2.32. The van der Waals surface area contributed by atoms with Crippen LogP contribution in [-0.4, -0.2) is 37.3 Å². The third kappa shape index (κ3) is 5.09. The molecule has 0 saturated carbocycles. The lowest BCUT2D eigenvalue weighted by atomic mass is 9.98. The molecule has 1 saturated heterocycles. The Hall–Kier alpha value is -4.45. The molecule has 1 aliphatic heterocycles. The fourth-order valence-corrected chi connectivity index (χ4v) is 5.41. The highest BCUT2D eigenvalue weighted by atomic mass is 16.2. The van der Waals surface area contributed by atoms with Crippen LogP contribution in [0.2, 0.25) is 0 Å². The molecule has 6 heteroatoms. The van der Waals surface area contributed by atoms with Crippen molar-refractivity contribution in [2.24, 2.45) is 5.92 Å². The smallest absolute Gasteiger partial charge is 0.254 e. The molecule has 1 aliphatic rings. The molecular weight excluding hydrogens is 494 g/mol. The van der Waals surface area contributed by atoms with Gasteiger partial charge in [-0.05, 0) is 53.1 Å². The lowest BCUT2D eigenvalue weighted by molar-refractivity contribution is 0.0730. The number of H-pyrrole nitrogens is 2. The van der Waals surface area contributed by atoms with Crippen molar-refractivity contribution in [1.82, 2.24) is 24.8 Å². The first kappa shape index (κ1) is 25.8. The van der Waals surface area contributed by atoms with Crippen LogP contribution in [0.5, 0.6) is 0 Å². The van der Waals surface area contributed by atoms with Gasteiger partial charge in [-0.3, -0.25) is 4.79 Å². The van der Waals surface area contributed by atoms with Gasteiger partial charge in [0.2, 0.25) is 0 Å². The van der Waals surface area contributed by atoms with E-state index in [4.69, 9.17) is 0 Å². The zero-order valence-corrected chi connectivity index (χ0v) is 23.3. The van der Waals surface area contributed by atoms with Gasteiger partial charge >= 0.3 is 0 Å². The summed E-state index contributed by atoms with van der Waals surface area (Å²) >= 11 is 0. The number of aromatic amines is 2. The second-order valence-corrected chi connectivity index (χ2v) is 11.1. The summed E-state index contributed by atoms with van der Waals surface area (Å²) in [4.78, 5) is 31.3. The van der Waals surface area contributed by atoms with Crippen LogP contribution in [0.4, 0.5) is 0 Å². The lowest BCUT2D eigenvalue weighted by Gasteiger charge is -2.23. The Morgan fingerprint density at radius 2 is 1.35 bits per heavy atom. The molecule has 2 N–H and O–H groups in total. The zero-order chi connectivity index (χ0) is 27.6. The van der Waals surface area contributed by atoms with Gasteiger partial charge in [0.05, 0.1) is 29.8 Å². The summed E-state index contributed by atoms with van der Waals surface area (Å²) in [6, 6.07) is 26.6. The number of amides is 1. The van der Waals surface area contributed by atoms with E-state index in [0.29, 0.717) is 11.8 Å². The van der Waals surface area contributed by atoms with E-state index in [2.05, 4.69) is 89.2 Å². The van der Waals surface area contributed by atoms with Crippen LogP contribution in [-0.2, 0) is 0 Å². The second-order valence-electron chi connectivity index (χ2n) is 11.1. The number of benzene rings is 3. The SMILES string of the molecule is CC(C)[C@H](C)c1ncc(-c2ccc(-c3ccc(-c4cnc([C@@H]5CCCN5C(=O)c5ccccc5)[nH]4)cc3)cc2)[nH]1. The predicted molar refractivity (Wildman–Crippen MR) is 160 cm³/mol. The van der Waals surface area contributed by atoms with Crippen molar-refractivity contribution in [3.63, 3.8) is 0 Å². The highest BCUT2D eigenvalue weighted by Crippen LogP contribution is 2.33. The van der Waals surface area contributed by atoms with Gasteiger partial charge in [-0.1, -0.05) is 87.5 Å². The van der Waals surface area contributed by atoms with Crippen LogP contribution in [0.3, 0.4) is 0 Å². The predicted octanol–water partition coefficient (Wildman–Crippen LogP) is 7.87. The van der Waals surface area contributed by atoms with Crippen molar-refractivity contribution in [3.8, 4) is 33.6 Å². The fraction of sp³-hybridized carbons (Fsp3) is 0.265. The van der Waals surface area contributed by atoms with Crippen LogP contribution in [0.1, 0.15) is 67.6 Å². The number of carbonyl (C=O) groups excluding carboxylic acids is 1. The minimum Gasteiger partial charge on any atom is -0.342 e. The maximum Gasteiger partial charge on any atom is 0.254 e. The summed E-state index contributed by atoms with van der Waals surface area (Å²) in [7, 11) is 0. The number of nitrogens with zero attached hydrogens (tertiary/aromatic N) is 3. The third-order valence-corrected chi connectivity index (χ3v) is 8.20. The molecule has 2 aromatic heterocycles. The van der Waals surface area contributed by atoms with Crippen molar-refractivity contribution in [2.75, 3.05) is 6.54 Å². The molecule has 3 aromatic carbocycles. The summed E-state index contributed by atoms with van der Waals surface area (Å²) in [6.45, 7) is 7.40. The first-order valence-corrected chi connectivity index (χ1v) is 14.1. The van der Waals surface area contributed by atoms with Gasteiger partial charge in [0.15, 0.2) is 0 Å². The number of carbonyl (C=O) groups is 1. The van der Waals surface area contributed by atoms with E-state index < -0.39 is 0 Å². The number of hydrogen-bond donors (Lipinski definition) is 2. The van der Waals surface area contributed by atoms with Gasteiger partial charge in [0.25, 0.3) is 5.91 Å². The van der Waals surface area contributed by atoms with E-state index in [-0.39, 0.29) is 11.9 Å². The summed E-state index contributed by atoms with van der Waals surface area (Å²) in [5, 5.41) is 0. The molecule has 0 unspecified atom stereocenters. The molecule has 202 valence electrons. The Balaban J connectivity index is 1.15. The normalized spacial score (nSPS) is 16.0. The molecule has 3 heterocycles. The average molecular weight is 530 g/mol. The van der Waals surface area contributed by atoms with E-state index in [9.17, 15) is 4.79 Å². The highest BCUT2D eigenvalue weighted by molar-refractivity contribution is 5.94. The van der Waals surface area contributed by atoms with Crippen molar-refractivity contribution in [2.45, 2.75) is 45.6 Å². The number of rotatable bonds is 7. The number of likely N-dealkylation sites (tertiary alicyclic amines) is 1. The molecule has 1 fully saturated rings. The molecular formula is C34H35N5O. The first-order valence-electron chi connectivity index (χ1n) is 14.1. The quantitative estimate of drug-likeness (QED) is 0.225. The number of aromatic nitrogens is 4. The van der Waals surface area contributed by atoms with Crippen LogP contribution >= 0.6 is 0 Å². The Labute approximate surface area is 235 Å². The van der Waals surface area contributed by atoms with Crippen molar-refractivity contribution in [3.05, 3.63) is 108 Å². The van der Waals surface area contributed by atoms with E-state index in [1.54, 1.807) is 0 Å². The molecule has 2 atom stereocenters. The molecule has 0 aliphatic carbocycles. The van der Waals surface area contributed by atoms with Crippen LogP contribution in [0, 0.1) is 5.92 Å². The lowest BCUT2D eigenvalue weighted by Crippen LogP contribution is -2.31. The summed E-state index contributed by atoms with van der Waals surface area (Å²) in [5.41, 5.74) is 7.25. The number of imidazole rings is 2. The number of hydrogen-bond acceptors (Lipinski definition) is 3. The Morgan fingerprint density at radius 1 is 0.775 bits per heavy atom. The minimum absolute atomic E-state index is 0.0289. The fourth-order valence-electron chi connectivity index (χ4n) is 5.41. The summed E-state index contributed by atoms with van der Waals surface area (Å²) < 4.78 is 0. The molecule has 6 nitrogen and oxygen atoms in total. The van der Waals surface area contributed by atoms with Gasteiger partial charge in [0.1, 0.15) is 11.6 Å². The molecule has 40 heavy (non-hydrogen) atoms. The molecule has 6 rings (SSSR count). The second kappa shape index (κ2) is 11.0. The zero-order valence-electron chi connectivity index (χ0n) is 23.3. The Morgan fingerprint density at radius 3 is 1.98 bits per heavy atom. The monoisotopic (exact) mass is 529 g/mol. The summed E-state index contributed by atoms with van der Waals surface area (Å²) in [6.07, 6.45) is 5.70. The molecule has 0 radical (unpaired) electrons. The van der Waals surface area contributed by atoms with E-state index in [1.165, 1.54) is 0 Å². The van der Waals surface area contributed by atoms with Crippen molar-refractivity contribution in [1.29, 1.82) is 0 Å². The maximum absolute atomic E-state index is 13.1.